The van der Waals surface area contributed by atoms with Crippen molar-refractivity contribution in [3.63, 3.8) is 0 Å². The Morgan fingerprint density at radius 1 is 1.67 bits per heavy atom. The van der Waals surface area contributed by atoms with Crippen molar-refractivity contribution in [2.45, 2.75) is 38.4 Å². The first-order valence-electron chi connectivity index (χ1n) is 5.17. The Bertz CT molecular complexity index is 346. The molecule has 1 aliphatic heterocycles. The van der Waals surface area contributed by atoms with E-state index >= 15 is 0 Å². The fourth-order valence-electron chi connectivity index (χ4n) is 2.16. The minimum Gasteiger partial charge on any atom is -0.347 e. The van der Waals surface area contributed by atoms with Gasteiger partial charge in [0.05, 0.1) is 0 Å². The average molecular weight is 208 g/mol. The molecule has 2 heterocycles. The first-order chi connectivity index (χ1) is 7.11. The summed E-state index contributed by atoms with van der Waals surface area (Å²) in [5.74, 6) is 0.890. The zero-order valence-corrected chi connectivity index (χ0v) is 8.97. The topological polar surface area (TPSA) is 75.0 Å². The third kappa shape index (κ3) is 1.63. The van der Waals surface area contributed by atoms with E-state index in [1.54, 1.807) is 12.4 Å². The molecule has 5 heteroatoms. The number of rotatable bonds is 2. The number of likely N-dealkylation sites (tertiary alicyclic amines) is 1. The maximum Gasteiger partial charge on any atom is 0.225 e. The second kappa shape index (κ2) is 3.66. The first-order valence-corrected chi connectivity index (χ1v) is 5.17. The van der Waals surface area contributed by atoms with E-state index in [1.807, 2.05) is 18.7 Å². The van der Waals surface area contributed by atoms with Gasteiger partial charge in [0, 0.05) is 30.9 Å². The summed E-state index contributed by atoms with van der Waals surface area (Å²) in [5.41, 5.74) is 5.97. The third-order valence-corrected chi connectivity index (χ3v) is 2.76. The van der Waals surface area contributed by atoms with Gasteiger partial charge < -0.3 is 15.6 Å². The van der Waals surface area contributed by atoms with Crippen molar-refractivity contribution < 1.29 is 4.79 Å². The Labute approximate surface area is 88.7 Å². The number of amides is 1. The van der Waals surface area contributed by atoms with Gasteiger partial charge in [-0.2, -0.15) is 0 Å². The quantitative estimate of drug-likeness (QED) is 0.739. The number of hydrogen-bond donors (Lipinski definition) is 2. The highest BCUT2D eigenvalue weighted by Crippen LogP contribution is 2.31. The summed E-state index contributed by atoms with van der Waals surface area (Å²) in [5, 5.41) is 0. The van der Waals surface area contributed by atoms with Crippen molar-refractivity contribution in [3.05, 3.63) is 18.2 Å². The highest BCUT2D eigenvalue weighted by Gasteiger charge is 2.41. The minimum atomic E-state index is -0.161. The van der Waals surface area contributed by atoms with Crippen LogP contribution in [0.3, 0.4) is 0 Å². The van der Waals surface area contributed by atoms with Gasteiger partial charge in [-0.1, -0.05) is 0 Å². The fourth-order valence-corrected chi connectivity index (χ4v) is 2.16. The lowest BCUT2D eigenvalue weighted by Crippen LogP contribution is -2.38. The van der Waals surface area contributed by atoms with Gasteiger partial charge in [-0.3, -0.25) is 4.79 Å². The van der Waals surface area contributed by atoms with Crippen LogP contribution in [0.4, 0.5) is 0 Å². The molecule has 1 amide bonds. The molecule has 15 heavy (non-hydrogen) atoms. The fraction of sp³-hybridized carbons (Fsp3) is 0.600. The molecule has 2 atom stereocenters. The zero-order valence-electron chi connectivity index (χ0n) is 8.97. The molecule has 1 aliphatic rings. The Hall–Kier alpha value is -1.36. The highest BCUT2D eigenvalue weighted by atomic mass is 16.2. The van der Waals surface area contributed by atoms with Gasteiger partial charge in [-0.25, -0.2) is 4.98 Å². The van der Waals surface area contributed by atoms with Crippen molar-refractivity contribution in [2.24, 2.45) is 5.73 Å². The van der Waals surface area contributed by atoms with E-state index in [0.717, 1.165) is 5.82 Å². The smallest absolute Gasteiger partial charge is 0.225 e. The molecule has 1 aromatic rings. The van der Waals surface area contributed by atoms with E-state index in [0.29, 0.717) is 6.42 Å². The first kappa shape index (κ1) is 10.2. The molecule has 82 valence electrons. The number of hydrogen-bond acceptors (Lipinski definition) is 3. The van der Waals surface area contributed by atoms with Gasteiger partial charge >= 0.3 is 0 Å². The van der Waals surface area contributed by atoms with E-state index in [1.165, 1.54) is 0 Å². The molecular formula is C10H16N4O. The summed E-state index contributed by atoms with van der Waals surface area (Å²) in [6, 6.07) is -0.111. The van der Waals surface area contributed by atoms with Crippen molar-refractivity contribution in [1.29, 1.82) is 0 Å². The van der Waals surface area contributed by atoms with E-state index < -0.39 is 0 Å². The van der Waals surface area contributed by atoms with E-state index in [9.17, 15) is 4.79 Å². The summed E-state index contributed by atoms with van der Waals surface area (Å²) in [7, 11) is 0. The van der Waals surface area contributed by atoms with Gasteiger partial charge in [0.1, 0.15) is 11.9 Å². The summed E-state index contributed by atoms with van der Waals surface area (Å²) in [6.07, 6.45) is 3.84. The Morgan fingerprint density at radius 3 is 2.93 bits per heavy atom. The number of nitrogens with two attached hydrogens (primary N) is 1. The largest absolute Gasteiger partial charge is 0.347 e. The van der Waals surface area contributed by atoms with Gasteiger partial charge in [0.2, 0.25) is 5.91 Å². The van der Waals surface area contributed by atoms with Crippen LogP contribution in [0.5, 0.6) is 0 Å². The second-order valence-corrected chi connectivity index (χ2v) is 4.18. The van der Waals surface area contributed by atoms with Crippen LogP contribution in [-0.4, -0.2) is 32.9 Å². The number of nitrogens with zero attached hydrogens (tertiary/aromatic N) is 2. The Morgan fingerprint density at radius 2 is 2.40 bits per heavy atom. The molecule has 2 rings (SSSR count). The standard InChI is InChI=1S/C10H16N4O/c1-6(2)14-8(15)5-7(11)9(14)10-12-3-4-13-10/h3-4,6-7,9H,5,11H2,1-2H3,(H,12,13). The normalized spacial score (nSPS) is 26.7. The van der Waals surface area contributed by atoms with Crippen molar-refractivity contribution in [1.82, 2.24) is 14.9 Å². The van der Waals surface area contributed by atoms with Gasteiger partial charge in [-0.05, 0) is 13.8 Å². The monoisotopic (exact) mass is 208 g/mol. The molecule has 3 N–H and O–H groups in total. The number of aromatic amines is 1. The lowest BCUT2D eigenvalue weighted by molar-refractivity contribution is -0.130. The van der Waals surface area contributed by atoms with Gasteiger partial charge in [-0.15, -0.1) is 0 Å². The molecule has 0 bridgehead atoms. The predicted octanol–water partition coefficient (Wildman–Crippen LogP) is 0.419. The summed E-state index contributed by atoms with van der Waals surface area (Å²) in [4.78, 5) is 20.8. The van der Waals surface area contributed by atoms with Crippen LogP contribution < -0.4 is 5.73 Å². The van der Waals surface area contributed by atoms with Crippen LogP contribution in [0.15, 0.2) is 12.4 Å². The van der Waals surface area contributed by atoms with E-state index in [-0.39, 0.29) is 24.0 Å². The predicted molar refractivity (Wildman–Crippen MR) is 55.9 cm³/mol. The van der Waals surface area contributed by atoms with Crippen LogP contribution in [-0.2, 0) is 4.79 Å². The summed E-state index contributed by atoms with van der Waals surface area (Å²) in [6.45, 7) is 3.98. The number of nitrogens with one attached hydrogen (secondary N) is 1. The van der Waals surface area contributed by atoms with Gasteiger partial charge in [0.25, 0.3) is 0 Å². The lowest BCUT2D eigenvalue weighted by atomic mass is 10.1. The minimum absolute atomic E-state index is 0.104. The van der Waals surface area contributed by atoms with Crippen molar-refractivity contribution >= 4 is 5.91 Å². The highest BCUT2D eigenvalue weighted by molar-refractivity contribution is 5.80. The number of carbonyl (C=O) groups excluding carboxylic acids is 1. The number of H-pyrrole nitrogens is 1. The van der Waals surface area contributed by atoms with Crippen LogP contribution in [0.1, 0.15) is 32.1 Å². The second-order valence-electron chi connectivity index (χ2n) is 4.18. The molecule has 0 aliphatic carbocycles. The van der Waals surface area contributed by atoms with Crippen LogP contribution >= 0.6 is 0 Å². The van der Waals surface area contributed by atoms with Crippen LogP contribution in [0.25, 0.3) is 0 Å². The molecule has 0 aromatic carbocycles. The number of imidazole rings is 1. The Kier molecular flexibility index (Phi) is 2.48. The van der Waals surface area contributed by atoms with Gasteiger partial charge in [0.15, 0.2) is 0 Å². The number of carbonyl (C=O) groups is 1. The zero-order chi connectivity index (χ0) is 11.0. The molecule has 1 fully saturated rings. The maximum absolute atomic E-state index is 11.7. The Balaban J connectivity index is 2.32. The van der Waals surface area contributed by atoms with E-state index in [4.69, 9.17) is 5.73 Å². The molecule has 0 spiro atoms. The molecular weight excluding hydrogens is 192 g/mol. The van der Waals surface area contributed by atoms with Crippen LogP contribution in [0.2, 0.25) is 0 Å². The molecule has 2 unspecified atom stereocenters. The lowest BCUT2D eigenvalue weighted by Gasteiger charge is -2.28. The molecule has 0 saturated carbocycles. The number of aromatic nitrogens is 2. The SMILES string of the molecule is CC(C)N1C(=O)CC(N)C1c1ncc[nH]1. The van der Waals surface area contributed by atoms with Crippen molar-refractivity contribution in [3.8, 4) is 0 Å². The molecule has 1 aromatic heterocycles. The summed E-state index contributed by atoms with van der Waals surface area (Å²) >= 11 is 0. The van der Waals surface area contributed by atoms with E-state index in [2.05, 4.69) is 9.97 Å². The summed E-state index contributed by atoms with van der Waals surface area (Å²) < 4.78 is 0. The molecule has 5 nitrogen and oxygen atoms in total. The molecule has 1 saturated heterocycles. The molecule has 0 radical (unpaired) electrons. The maximum atomic E-state index is 11.7. The average Bonchev–Trinajstić information content (AvgIpc) is 2.71. The third-order valence-electron chi connectivity index (χ3n) is 2.76. The van der Waals surface area contributed by atoms with Crippen molar-refractivity contribution in [2.75, 3.05) is 0 Å². The van der Waals surface area contributed by atoms with Crippen LogP contribution in [0, 0.1) is 0 Å².